The van der Waals surface area contributed by atoms with Crippen LogP contribution in [0.15, 0.2) is 97.1 Å². The molecule has 0 saturated carbocycles. The minimum atomic E-state index is 0.163. The fraction of sp³-hybridized carbons (Fsp3) is 0. The average molecular weight is 399 g/mol. The first kappa shape index (κ1) is 15.4. The van der Waals surface area contributed by atoms with Gasteiger partial charge in [-0.15, -0.1) is 0 Å². The molecule has 2 heterocycles. The number of fused-ring (bicyclic) bond motifs is 3. The van der Waals surface area contributed by atoms with Gasteiger partial charge in [0.25, 0.3) is 0 Å². The Hall–Kier alpha value is -2.87. The van der Waals surface area contributed by atoms with Crippen LogP contribution in [-0.2, 0) is 0 Å². The molecule has 0 spiro atoms. The van der Waals surface area contributed by atoms with Crippen LogP contribution in [0.1, 0.15) is 0 Å². The van der Waals surface area contributed by atoms with Gasteiger partial charge in [-0.3, -0.25) is 0 Å². The Morgan fingerprint density at radius 1 is 0.654 bits per heavy atom. The van der Waals surface area contributed by atoms with Gasteiger partial charge in [0.05, 0.1) is 0 Å². The second-order valence-electron chi connectivity index (χ2n) is 6.13. The first-order chi connectivity index (χ1) is 12.9. The summed E-state index contributed by atoms with van der Waals surface area (Å²) in [4.78, 5) is 5.01. The fourth-order valence-electron chi connectivity index (χ4n) is 3.24. The van der Waals surface area contributed by atoms with Gasteiger partial charge in [-0.2, -0.15) is 0 Å². The maximum atomic E-state index is 5.01. The van der Waals surface area contributed by atoms with Crippen LogP contribution in [-0.4, -0.2) is 24.3 Å². The van der Waals surface area contributed by atoms with E-state index in [1.165, 1.54) is 25.5 Å². The number of imidazole rings is 1. The van der Waals surface area contributed by atoms with Gasteiger partial charge in [-0.1, -0.05) is 0 Å². The van der Waals surface area contributed by atoms with Crippen molar-refractivity contribution < 1.29 is 0 Å². The zero-order valence-corrected chi connectivity index (χ0v) is 15.8. The van der Waals surface area contributed by atoms with E-state index in [4.69, 9.17) is 4.98 Å². The van der Waals surface area contributed by atoms with Gasteiger partial charge < -0.3 is 0 Å². The number of pyridine rings is 1. The summed E-state index contributed by atoms with van der Waals surface area (Å²) >= 11 is 0.163. The predicted octanol–water partition coefficient (Wildman–Crippen LogP) is 3.81. The summed E-state index contributed by atoms with van der Waals surface area (Å²) in [6.45, 7) is 0. The molecule has 0 fully saturated rings. The molecular formula is C23H16N2Se. The third-order valence-corrected chi connectivity index (χ3v) is 6.72. The van der Waals surface area contributed by atoms with Gasteiger partial charge >= 0.3 is 158 Å². The number of nitrogens with zero attached hydrogens (tertiary/aromatic N) is 2. The molecule has 0 atom stereocenters. The van der Waals surface area contributed by atoms with Crippen molar-refractivity contribution in [3.8, 4) is 11.3 Å². The Morgan fingerprint density at radius 2 is 1.35 bits per heavy atom. The van der Waals surface area contributed by atoms with Crippen LogP contribution in [0.3, 0.4) is 0 Å². The van der Waals surface area contributed by atoms with Crippen molar-refractivity contribution in [3.05, 3.63) is 97.1 Å². The number of hydrogen-bond donors (Lipinski definition) is 0. The molecule has 124 valence electrons. The van der Waals surface area contributed by atoms with Crippen molar-refractivity contribution in [2.24, 2.45) is 0 Å². The van der Waals surface area contributed by atoms with E-state index in [1.807, 2.05) is 0 Å². The summed E-state index contributed by atoms with van der Waals surface area (Å²) in [6.07, 6.45) is 0. The SMILES string of the molecule is c1ccc([Se]c2c(-c3ccccc3)nc3ccc4ccccc4n23)cc1. The molecule has 0 amide bonds. The third-order valence-electron chi connectivity index (χ3n) is 4.46. The molecule has 3 heteroatoms. The first-order valence-corrected chi connectivity index (χ1v) is 10.3. The van der Waals surface area contributed by atoms with Crippen LogP contribution < -0.4 is 9.05 Å². The quantitative estimate of drug-likeness (QED) is 0.422. The van der Waals surface area contributed by atoms with E-state index < -0.39 is 0 Å². The number of rotatable bonds is 3. The molecule has 0 saturated heterocycles. The van der Waals surface area contributed by atoms with Gasteiger partial charge in [0, 0.05) is 0 Å². The molecule has 3 aromatic carbocycles. The van der Waals surface area contributed by atoms with E-state index in [1.54, 1.807) is 0 Å². The minimum absolute atomic E-state index is 0.163. The number of aromatic nitrogens is 2. The molecule has 26 heavy (non-hydrogen) atoms. The Morgan fingerprint density at radius 3 is 2.15 bits per heavy atom. The van der Waals surface area contributed by atoms with Crippen LogP contribution in [0.25, 0.3) is 27.8 Å². The van der Waals surface area contributed by atoms with Gasteiger partial charge in [-0.25, -0.2) is 0 Å². The van der Waals surface area contributed by atoms with Crippen LogP contribution >= 0.6 is 0 Å². The molecule has 0 aliphatic carbocycles. The van der Waals surface area contributed by atoms with Crippen LogP contribution in [0.5, 0.6) is 0 Å². The summed E-state index contributed by atoms with van der Waals surface area (Å²) in [6, 6.07) is 34.0. The van der Waals surface area contributed by atoms with Gasteiger partial charge in [0.15, 0.2) is 0 Å². The fourth-order valence-corrected chi connectivity index (χ4v) is 5.47. The van der Waals surface area contributed by atoms with Crippen molar-refractivity contribution in [1.82, 2.24) is 9.38 Å². The van der Waals surface area contributed by atoms with Crippen molar-refractivity contribution in [2.75, 3.05) is 0 Å². The molecule has 5 aromatic rings. The first-order valence-electron chi connectivity index (χ1n) is 8.59. The summed E-state index contributed by atoms with van der Waals surface area (Å²) < 4.78 is 4.98. The van der Waals surface area contributed by atoms with Crippen molar-refractivity contribution in [1.29, 1.82) is 0 Å². The molecule has 0 radical (unpaired) electrons. The summed E-state index contributed by atoms with van der Waals surface area (Å²) in [5.74, 6) is 0. The van der Waals surface area contributed by atoms with Crippen LogP contribution in [0, 0.1) is 0 Å². The Kier molecular flexibility index (Phi) is 3.82. The molecule has 0 aliphatic rings. The molecule has 0 bridgehead atoms. The topological polar surface area (TPSA) is 17.3 Å². The summed E-state index contributed by atoms with van der Waals surface area (Å²) in [5.41, 5.74) is 4.49. The number of hydrogen-bond acceptors (Lipinski definition) is 1. The number of para-hydroxylation sites is 1. The standard InChI is InChI=1S/C23H16N2Se/c1-3-10-18(11-4-1)22-23(26-19-12-5-2-6-13-19)25-20-14-8-7-9-17(20)15-16-21(25)24-22/h1-16H. The van der Waals surface area contributed by atoms with E-state index in [2.05, 4.69) is 101 Å². The molecule has 2 nitrogen and oxygen atoms in total. The van der Waals surface area contributed by atoms with Crippen molar-refractivity contribution >= 4 is 40.6 Å². The average Bonchev–Trinajstić information content (AvgIpc) is 3.08. The monoisotopic (exact) mass is 400 g/mol. The van der Waals surface area contributed by atoms with Gasteiger partial charge in [-0.05, 0) is 0 Å². The summed E-state index contributed by atoms with van der Waals surface area (Å²) in [7, 11) is 0. The molecule has 5 rings (SSSR count). The Labute approximate surface area is 158 Å². The molecular weight excluding hydrogens is 383 g/mol. The zero-order valence-electron chi connectivity index (χ0n) is 14.0. The maximum absolute atomic E-state index is 5.01. The van der Waals surface area contributed by atoms with Crippen molar-refractivity contribution in [2.45, 2.75) is 0 Å². The van der Waals surface area contributed by atoms with Gasteiger partial charge in [0.1, 0.15) is 0 Å². The summed E-state index contributed by atoms with van der Waals surface area (Å²) in [5, 5.41) is 1.24. The third kappa shape index (κ3) is 2.62. The van der Waals surface area contributed by atoms with E-state index >= 15 is 0 Å². The Balaban J connectivity index is 1.83. The zero-order chi connectivity index (χ0) is 17.3. The van der Waals surface area contributed by atoms with Gasteiger partial charge in [0.2, 0.25) is 0 Å². The van der Waals surface area contributed by atoms with E-state index in [-0.39, 0.29) is 15.0 Å². The van der Waals surface area contributed by atoms with Crippen LogP contribution in [0.2, 0.25) is 0 Å². The predicted molar refractivity (Wildman–Crippen MR) is 110 cm³/mol. The second kappa shape index (κ2) is 6.45. The molecule has 2 aromatic heterocycles. The molecule has 0 N–H and O–H groups in total. The Bertz CT molecular complexity index is 1190. The van der Waals surface area contributed by atoms with Crippen molar-refractivity contribution in [3.63, 3.8) is 0 Å². The molecule has 0 aliphatic heterocycles. The normalized spacial score (nSPS) is 11.2. The number of benzene rings is 3. The van der Waals surface area contributed by atoms with E-state index in [9.17, 15) is 0 Å². The van der Waals surface area contributed by atoms with E-state index in [0.717, 1.165) is 11.3 Å². The van der Waals surface area contributed by atoms with Crippen LogP contribution in [0.4, 0.5) is 0 Å². The second-order valence-corrected chi connectivity index (χ2v) is 8.36. The molecule has 0 unspecified atom stereocenters. The van der Waals surface area contributed by atoms with E-state index in [0.29, 0.717) is 0 Å².